The molecule has 274 valence electrons. The lowest BCUT2D eigenvalue weighted by atomic mass is 9.99. The van der Waals surface area contributed by atoms with Crippen LogP contribution >= 0.6 is 23.5 Å². The summed E-state index contributed by atoms with van der Waals surface area (Å²) in [6.45, 7) is 5.09. The molecule has 0 bridgehead atoms. The number of hydrogen-bond acceptors (Lipinski definition) is 11. The molecule has 0 spiro atoms. The van der Waals surface area contributed by atoms with E-state index in [1.807, 2.05) is 66.7 Å². The van der Waals surface area contributed by atoms with E-state index >= 15 is 0 Å². The van der Waals surface area contributed by atoms with Gasteiger partial charge in [0.15, 0.2) is 6.10 Å². The second-order valence-corrected chi connectivity index (χ2v) is 15.2. The highest BCUT2D eigenvalue weighted by Crippen LogP contribution is 2.42. The van der Waals surface area contributed by atoms with Crippen molar-refractivity contribution in [2.24, 2.45) is 0 Å². The fraction of sp³-hybridized carbons (Fsp3) is 0.263. The number of aromatic hydroxyl groups is 1. The summed E-state index contributed by atoms with van der Waals surface area (Å²) in [5.74, 6) is -1.01. The fourth-order valence-electron chi connectivity index (χ4n) is 5.72. The summed E-state index contributed by atoms with van der Waals surface area (Å²) in [7, 11) is 0. The smallest absolute Gasteiger partial charge is 0.408 e. The Morgan fingerprint density at radius 2 is 1.68 bits per heavy atom. The summed E-state index contributed by atoms with van der Waals surface area (Å²) in [5.41, 5.74) is 1.72. The van der Waals surface area contributed by atoms with Crippen LogP contribution in [0.3, 0.4) is 0 Å². The van der Waals surface area contributed by atoms with Gasteiger partial charge >= 0.3 is 12.1 Å². The molecule has 4 aromatic rings. The number of β-lactam (4-membered cyclic amide) rings is 1. The normalized spacial score (nSPS) is 17.6. The van der Waals surface area contributed by atoms with Crippen molar-refractivity contribution in [3.63, 3.8) is 0 Å². The van der Waals surface area contributed by atoms with Gasteiger partial charge in [-0.15, -0.1) is 28.6 Å². The van der Waals surface area contributed by atoms with Crippen molar-refractivity contribution in [3.05, 3.63) is 131 Å². The molecule has 3 aromatic carbocycles. The van der Waals surface area contributed by atoms with Crippen molar-refractivity contribution in [1.29, 1.82) is 0 Å². The van der Waals surface area contributed by atoms with E-state index in [-0.39, 0.29) is 11.4 Å². The van der Waals surface area contributed by atoms with Gasteiger partial charge in [0, 0.05) is 11.5 Å². The average molecular weight is 755 g/mol. The van der Waals surface area contributed by atoms with E-state index in [1.165, 1.54) is 52.7 Å². The van der Waals surface area contributed by atoms with Crippen molar-refractivity contribution in [3.8, 4) is 5.75 Å². The number of H-pyrrole nitrogens is 1. The topological polar surface area (TPSA) is 176 Å². The Morgan fingerprint density at radius 1 is 1.02 bits per heavy atom. The monoisotopic (exact) mass is 754 g/mol. The molecule has 3 heterocycles. The number of alkyl carbamates (subject to hydrolysis) is 1. The maximum Gasteiger partial charge on any atom is 0.408 e. The fourth-order valence-corrected chi connectivity index (χ4v) is 7.64. The molecule has 0 saturated carbocycles. The second-order valence-electron chi connectivity index (χ2n) is 13.1. The molecule has 15 heteroatoms. The van der Waals surface area contributed by atoms with Gasteiger partial charge in [0.2, 0.25) is 5.91 Å². The third-order valence-corrected chi connectivity index (χ3v) is 10.3. The zero-order chi connectivity index (χ0) is 37.5. The molecule has 0 aliphatic carbocycles. The number of allylic oxidation sites excluding steroid dienone is 1. The lowest BCUT2D eigenvalue weighted by molar-refractivity contribution is -0.154. The number of nitrogens with one attached hydrogen (secondary N) is 3. The number of ether oxygens (including phenoxy) is 2. The lowest BCUT2D eigenvalue weighted by Gasteiger charge is -2.49. The molecular weight excluding hydrogens is 717 g/mol. The first-order chi connectivity index (χ1) is 25.5. The van der Waals surface area contributed by atoms with E-state index in [0.29, 0.717) is 22.6 Å². The predicted octanol–water partition coefficient (Wildman–Crippen LogP) is 5.41. The number of hydrogen-bond donors (Lipinski definition) is 4. The van der Waals surface area contributed by atoms with Crippen LogP contribution in [-0.4, -0.2) is 77.8 Å². The third-order valence-electron chi connectivity index (χ3n) is 8.12. The van der Waals surface area contributed by atoms with Crippen molar-refractivity contribution >= 4 is 47.4 Å². The van der Waals surface area contributed by atoms with Gasteiger partial charge in [-0.3, -0.25) is 19.6 Å². The van der Waals surface area contributed by atoms with E-state index in [2.05, 4.69) is 26.0 Å². The van der Waals surface area contributed by atoms with E-state index in [1.54, 1.807) is 33.0 Å². The van der Waals surface area contributed by atoms with Gasteiger partial charge in [-0.05, 0) is 55.2 Å². The third kappa shape index (κ3) is 9.10. The van der Waals surface area contributed by atoms with Gasteiger partial charge in [0.25, 0.3) is 5.91 Å². The van der Waals surface area contributed by atoms with Gasteiger partial charge in [0.05, 0.1) is 6.20 Å². The van der Waals surface area contributed by atoms with Crippen LogP contribution in [0.4, 0.5) is 4.79 Å². The number of thioether (sulfide) groups is 2. The molecule has 3 atom stereocenters. The highest BCUT2D eigenvalue weighted by Gasteiger charge is 2.55. The maximum absolute atomic E-state index is 14.3. The molecule has 1 aromatic heterocycles. The molecule has 1 unspecified atom stereocenters. The zero-order valence-corrected chi connectivity index (χ0v) is 30.7. The van der Waals surface area contributed by atoms with E-state index in [0.717, 1.165) is 16.2 Å². The molecule has 2 aliphatic heterocycles. The standard InChI is InChI=1S/C38H38N6O7S2/c1-38(2,3)51-37(49)41-29(23-16-18-27(45)19-17-23)33(46)40-30-34(47)44-31(26(22-53-35(30)44)15-10-20-52-28-21-39-43-42-28)36(48)50-32(24-11-6-4-7-12-24)25-13-8-5-9-14-25/h4-19,21,29-30,32,35,45H,20,22H2,1-3H3,(H,40,46)(H,41,49)(H,39,42,43)/t29?,30-,35+/m1/s1. The van der Waals surface area contributed by atoms with Crippen molar-refractivity contribution in [2.75, 3.05) is 11.5 Å². The summed E-state index contributed by atoms with van der Waals surface area (Å²) in [6.07, 6.45) is 3.71. The minimum absolute atomic E-state index is 0.0247. The Balaban J connectivity index is 1.26. The zero-order valence-electron chi connectivity index (χ0n) is 29.1. The van der Waals surface area contributed by atoms with Gasteiger partial charge in [-0.1, -0.05) is 90.2 Å². The van der Waals surface area contributed by atoms with Crippen LogP contribution in [0.2, 0.25) is 0 Å². The van der Waals surface area contributed by atoms with Gasteiger partial charge in [-0.2, -0.15) is 0 Å². The van der Waals surface area contributed by atoms with Gasteiger partial charge < -0.3 is 25.2 Å². The number of carbonyl (C=O) groups excluding carboxylic acids is 4. The summed E-state index contributed by atoms with van der Waals surface area (Å²) in [5, 5.41) is 25.6. The van der Waals surface area contributed by atoms with Crippen LogP contribution in [0, 0.1) is 0 Å². The molecule has 3 amide bonds. The summed E-state index contributed by atoms with van der Waals surface area (Å²) in [4.78, 5) is 56.2. The Bertz CT molecular complexity index is 1950. The molecule has 13 nitrogen and oxygen atoms in total. The molecular formula is C38H38N6O7S2. The lowest BCUT2D eigenvalue weighted by Crippen LogP contribution is -2.71. The summed E-state index contributed by atoms with van der Waals surface area (Å²) >= 11 is 2.86. The largest absolute Gasteiger partial charge is 0.508 e. The molecule has 4 N–H and O–H groups in total. The quantitative estimate of drug-likeness (QED) is 0.0827. The average Bonchev–Trinajstić information content (AvgIpc) is 3.67. The number of phenolic OH excluding ortho intramolecular Hbond substituents is 1. The van der Waals surface area contributed by atoms with Crippen LogP contribution in [0.1, 0.15) is 49.6 Å². The van der Waals surface area contributed by atoms with Crippen molar-refractivity contribution in [2.45, 2.75) is 55.0 Å². The molecule has 0 radical (unpaired) electrons. The van der Waals surface area contributed by atoms with Crippen LogP contribution < -0.4 is 10.6 Å². The number of nitrogens with zero attached hydrogens (tertiary/aromatic N) is 3. The summed E-state index contributed by atoms with van der Waals surface area (Å²) in [6, 6.07) is 22.2. The van der Waals surface area contributed by atoms with Crippen molar-refractivity contribution in [1.82, 2.24) is 30.9 Å². The number of carbonyl (C=O) groups is 4. The highest BCUT2D eigenvalue weighted by molar-refractivity contribution is 8.00. The van der Waals surface area contributed by atoms with Gasteiger partial charge in [0.1, 0.15) is 39.5 Å². The van der Waals surface area contributed by atoms with Crippen molar-refractivity contribution < 1.29 is 33.8 Å². The molecule has 6 rings (SSSR count). The number of rotatable bonds is 12. The number of esters is 1. The SMILES string of the molecule is CC(C)(C)OC(=O)NC(C(=O)N[C@@H]1C(=O)N2C(C(=O)OC(c3ccccc3)c3ccccc3)=C(C=CCSc3cnn[nH]3)CS[C@@H]12)c1ccc(O)cc1. The first-order valence-corrected chi connectivity index (χ1v) is 18.7. The predicted molar refractivity (Wildman–Crippen MR) is 199 cm³/mol. The van der Waals surface area contributed by atoms with Crippen LogP contribution in [0.5, 0.6) is 5.75 Å². The maximum atomic E-state index is 14.3. The highest BCUT2D eigenvalue weighted by atomic mass is 32.2. The number of phenols is 1. The first kappa shape index (κ1) is 37.2. The first-order valence-electron chi connectivity index (χ1n) is 16.7. The minimum atomic E-state index is -1.25. The minimum Gasteiger partial charge on any atom is -0.508 e. The number of amides is 3. The van der Waals surface area contributed by atoms with Crippen LogP contribution in [0.15, 0.2) is 120 Å². The Hall–Kier alpha value is -5.54. The Kier molecular flexibility index (Phi) is 11.5. The number of aromatic amines is 1. The van der Waals surface area contributed by atoms with Gasteiger partial charge in [-0.25, -0.2) is 9.59 Å². The van der Waals surface area contributed by atoms with Crippen LogP contribution in [-0.2, 0) is 23.9 Å². The molecule has 1 fully saturated rings. The summed E-state index contributed by atoms with van der Waals surface area (Å²) < 4.78 is 11.6. The molecule has 1 saturated heterocycles. The number of benzene rings is 3. The Labute approximate surface area is 314 Å². The number of aromatic nitrogens is 3. The Morgan fingerprint density at radius 3 is 2.28 bits per heavy atom. The van der Waals surface area contributed by atoms with E-state index in [4.69, 9.17) is 9.47 Å². The molecule has 53 heavy (non-hydrogen) atoms. The van der Waals surface area contributed by atoms with E-state index in [9.17, 15) is 24.3 Å². The number of fused-ring (bicyclic) bond motifs is 1. The van der Waals surface area contributed by atoms with Crippen LogP contribution in [0.25, 0.3) is 0 Å². The second kappa shape index (κ2) is 16.4. The van der Waals surface area contributed by atoms with E-state index < -0.39 is 53.0 Å². The molecule has 2 aliphatic rings.